The number of fused-ring (bicyclic) bond motifs is 1. The summed E-state index contributed by atoms with van der Waals surface area (Å²) >= 11 is 0. The molecule has 5 heteroatoms. The van der Waals surface area contributed by atoms with Crippen LogP contribution in [0.3, 0.4) is 0 Å². The normalized spacial score (nSPS) is 21.2. The van der Waals surface area contributed by atoms with Crippen LogP contribution in [-0.4, -0.2) is 27.6 Å². The predicted molar refractivity (Wildman–Crippen MR) is 78.7 cm³/mol. The molecule has 0 bridgehead atoms. The Morgan fingerprint density at radius 1 is 1.29 bits per heavy atom. The number of ether oxygens (including phenoxy) is 1. The topological polar surface area (TPSA) is 52.0 Å². The molecule has 2 heterocycles. The molecule has 0 radical (unpaired) electrons. The molecule has 0 spiro atoms. The minimum Gasteiger partial charge on any atom is -0.371 e. The van der Waals surface area contributed by atoms with E-state index in [2.05, 4.69) is 39.9 Å². The molecular formula is C16H20N4O. The summed E-state index contributed by atoms with van der Waals surface area (Å²) in [6, 6.07) is 9.22. The van der Waals surface area contributed by atoms with Crippen molar-refractivity contribution in [1.82, 2.24) is 20.3 Å². The van der Waals surface area contributed by atoms with E-state index >= 15 is 0 Å². The van der Waals surface area contributed by atoms with E-state index in [1.165, 1.54) is 24.0 Å². The summed E-state index contributed by atoms with van der Waals surface area (Å²) in [6.45, 7) is 2.33. The van der Waals surface area contributed by atoms with Gasteiger partial charge < -0.3 is 10.1 Å². The standard InChI is InChI=1S/C16H20N4O/c1-2-4-15-12(3-1)7-8-21-16(15)11-20-10-14(18-19-20)9-17-13-5-6-13/h1-4,10,13,16-17H,5-9,11H2. The molecule has 1 N–H and O–H groups in total. The third-order valence-corrected chi connectivity index (χ3v) is 4.18. The van der Waals surface area contributed by atoms with Crippen LogP contribution in [0.4, 0.5) is 0 Å². The molecule has 1 aromatic carbocycles. The van der Waals surface area contributed by atoms with Crippen LogP contribution >= 0.6 is 0 Å². The molecule has 4 rings (SSSR count). The number of rotatable bonds is 5. The van der Waals surface area contributed by atoms with Crippen molar-refractivity contribution in [3.8, 4) is 0 Å². The Morgan fingerprint density at radius 3 is 3.10 bits per heavy atom. The van der Waals surface area contributed by atoms with Gasteiger partial charge in [0.15, 0.2) is 0 Å². The molecule has 1 atom stereocenters. The predicted octanol–water partition coefficient (Wildman–Crippen LogP) is 1.84. The molecule has 0 amide bonds. The second kappa shape index (κ2) is 5.58. The number of hydrogen-bond donors (Lipinski definition) is 1. The number of nitrogens with one attached hydrogen (secondary N) is 1. The molecule has 1 aliphatic carbocycles. The third kappa shape index (κ3) is 2.99. The van der Waals surface area contributed by atoms with Gasteiger partial charge in [-0.3, -0.25) is 0 Å². The molecule has 5 nitrogen and oxygen atoms in total. The molecule has 110 valence electrons. The van der Waals surface area contributed by atoms with Gasteiger partial charge in [0.1, 0.15) is 6.10 Å². The molecule has 1 saturated carbocycles. The summed E-state index contributed by atoms with van der Waals surface area (Å²) in [5.41, 5.74) is 3.69. The molecule has 1 unspecified atom stereocenters. The second-order valence-electron chi connectivity index (χ2n) is 5.90. The van der Waals surface area contributed by atoms with Gasteiger partial charge in [0.05, 0.1) is 18.8 Å². The lowest BCUT2D eigenvalue weighted by molar-refractivity contribution is 0.0279. The maximum absolute atomic E-state index is 5.92. The van der Waals surface area contributed by atoms with Gasteiger partial charge >= 0.3 is 0 Å². The Labute approximate surface area is 124 Å². The zero-order chi connectivity index (χ0) is 14.1. The summed E-state index contributed by atoms with van der Waals surface area (Å²) in [5, 5.41) is 11.9. The van der Waals surface area contributed by atoms with Crippen LogP contribution in [0.5, 0.6) is 0 Å². The maximum Gasteiger partial charge on any atom is 0.102 e. The van der Waals surface area contributed by atoms with Gasteiger partial charge in [0.2, 0.25) is 0 Å². The quantitative estimate of drug-likeness (QED) is 0.910. The molecule has 1 fully saturated rings. The van der Waals surface area contributed by atoms with Gasteiger partial charge in [-0.05, 0) is 30.4 Å². The molecule has 0 saturated heterocycles. The Morgan fingerprint density at radius 2 is 2.19 bits per heavy atom. The van der Waals surface area contributed by atoms with Crippen LogP contribution in [0.1, 0.15) is 35.8 Å². The average Bonchev–Trinajstić information content (AvgIpc) is 3.25. The fourth-order valence-electron chi connectivity index (χ4n) is 2.84. The van der Waals surface area contributed by atoms with E-state index in [0.717, 1.165) is 31.8 Å². The monoisotopic (exact) mass is 284 g/mol. The third-order valence-electron chi connectivity index (χ3n) is 4.18. The highest BCUT2D eigenvalue weighted by Gasteiger charge is 2.22. The van der Waals surface area contributed by atoms with Crippen molar-refractivity contribution in [3.63, 3.8) is 0 Å². The van der Waals surface area contributed by atoms with Crippen molar-refractivity contribution in [3.05, 3.63) is 47.3 Å². The van der Waals surface area contributed by atoms with Crippen molar-refractivity contribution in [2.24, 2.45) is 0 Å². The molecule has 1 aromatic heterocycles. The van der Waals surface area contributed by atoms with Crippen LogP contribution in [0, 0.1) is 0 Å². The van der Waals surface area contributed by atoms with Crippen molar-refractivity contribution < 1.29 is 4.74 Å². The van der Waals surface area contributed by atoms with Gasteiger partial charge in [-0.1, -0.05) is 29.5 Å². The van der Waals surface area contributed by atoms with E-state index in [0.29, 0.717) is 6.04 Å². The summed E-state index contributed by atoms with van der Waals surface area (Å²) in [4.78, 5) is 0. The Bertz CT molecular complexity index is 620. The van der Waals surface area contributed by atoms with Crippen LogP contribution in [0.2, 0.25) is 0 Å². The lowest BCUT2D eigenvalue weighted by atomic mass is 9.98. The van der Waals surface area contributed by atoms with Crippen molar-refractivity contribution >= 4 is 0 Å². The van der Waals surface area contributed by atoms with Crippen LogP contribution < -0.4 is 5.32 Å². The zero-order valence-electron chi connectivity index (χ0n) is 12.0. The minimum atomic E-state index is 0.0842. The first kappa shape index (κ1) is 13.0. The van der Waals surface area contributed by atoms with E-state index in [-0.39, 0.29) is 6.10 Å². The number of hydrogen-bond acceptors (Lipinski definition) is 4. The van der Waals surface area contributed by atoms with E-state index in [9.17, 15) is 0 Å². The lowest BCUT2D eigenvalue weighted by Crippen LogP contribution is -2.21. The molecule has 1 aliphatic heterocycles. The van der Waals surface area contributed by atoms with Crippen LogP contribution in [0.15, 0.2) is 30.5 Å². The first-order valence-electron chi connectivity index (χ1n) is 7.70. The molecule has 2 aromatic rings. The highest BCUT2D eigenvalue weighted by atomic mass is 16.5. The van der Waals surface area contributed by atoms with E-state index in [4.69, 9.17) is 4.74 Å². The van der Waals surface area contributed by atoms with Gasteiger partial charge in [0, 0.05) is 18.8 Å². The van der Waals surface area contributed by atoms with Gasteiger partial charge in [-0.25, -0.2) is 4.68 Å². The number of nitrogens with zero attached hydrogens (tertiary/aromatic N) is 3. The fraction of sp³-hybridized carbons (Fsp3) is 0.500. The van der Waals surface area contributed by atoms with E-state index in [1.807, 2.05) is 10.9 Å². The largest absolute Gasteiger partial charge is 0.371 e. The number of aromatic nitrogens is 3. The smallest absolute Gasteiger partial charge is 0.102 e. The summed E-state index contributed by atoms with van der Waals surface area (Å²) < 4.78 is 7.82. The van der Waals surface area contributed by atoms with Crippen molar-refractivity contribution in [2.75, 3.05) is 6.61 Å². The lowest BCUT2D eigenvalue weighted by Gasteiger charge is -2.25. The van der Waals surface area contributed by atoms with Gasteiger partial charge in [0.25, 0.3) is 0 Å². The Balaban J connectivity index is 1.44. The Hall–Kier alpha value is -1.72. The first-order valence-corrected chi connectivity index (χ1v) is 7.70. The second-order valence-corrected chi connectivity index (χ2v) is 5.90. The van der Waals surface area contributed by atoms with Gasteiger partial charge in [-0.15, -0.1) is 5.10 Å². The average molecular weight is 284 g/mol. The molecule has 21 heavy (non-hydrogen) atoms. The Kier molecular flexibility index (Phi) is 3.45. The number of benzene rings is 1. The fourth-order valence-corrected chi connectivity index (χ4v) is 2.84. The first-order chi connectivity index (χ1) is 10.4. The molecule has 2 aliphatic rings. The summed E-state index contributed by atoms with van der Waals surface area (Å²) in [6.07, 6.45) is 5.69. The maximum atomic E-state index is 5.92. The zero-order valence-corrected chi connectivity index (χ0v) is 12.0. The summed E-state index contributed by atoms with van der Waals surface area (Å²) in [5.74, 6) is 0. The van der Waals surface area contributed by atoms with Gasteiger partial charge in [-0.2, -0.15) is 0 Å². The van der Waals surface area contributed by atoms with E-state index < -0.39 is 0 Å². The highest BCUT2D eigenvalue weighted by Crippen LogP contribution is 2.28. The SMILES string of the molecule is c1ccc2c(c1)CCOC2Cn1cc(CNC2CC2)nn1. The van der Waals surface area contributed by atoms with Crippen LogP contribution in [-0.2, 0) is 24.2 Å². The molecular weight excluding hydrogens is 264 g/mol. The van der Waals surface area contributed by atoms with Crippen molar-refractivity contribution in [2.45, 2.75) is 44.5 Å². The minimum absolute atomic E-state index is 0.0842. The van der Waals surface area contributed by atoms with Crippen molar-refractivity contribution in [1.29, 1.82) is 0 Å². The highest BCUT2D eigenvalue weighted by molar-refractivity contribution is 5.30. The van der Waals surface area contributed by atoms with Crippen LogP contribution in [0.25, 0.3) is 0 Å². The van der Waals surface area contributed by atoms with E-state index in [1.54, 1.807) is 0 Å². The summed E-state index contributed by atoms with van der Waals surface area (Å²) in [7, 11) is 0.